The molecule has 2 N–H and O–H groups in total. The molecule has 4 rings (SSSR count). The van der Waals surface area contributed by atoms with Crippen molar-refractivity contribution in [2.45, 2.75) is 6.04 Å². The van der Waals surface area contributed by atoms with Crippen molar-refractivity contribution < 1.29 is 19.1 Å². The minimum Gasteiger partial charge on any atom is -0.508 e. The quantitative estimate of drug-likeness (QED) is 0.871. The SMILES string of the molecule is CN1C(=O)NC(c2ccc(O)cc2)C2=C1CN(c1ccc(F)cc1)C2=O. The van der Waals surface area contributed by atoms with E-state index < -0.39 is 6.04 Å². The molecule has 0 saturated carbocycles. The Morgan fingerprint density at radius 2 is 1.73 bits per heavy atom. The largest absolute Gasteiger partial charge is 0.508 e. The molecular weight excluding hydrogens is 337 g/mol. The first-order valence-electron chi connectivity index (χ1n) is 8.09. The molecule has 0 aliphatic carbocycles. The van der Waals surface area contributed by atoms with Crippen LogP contribution in [0.2, 0.25) is 0 Å². The number of anilines is 1. The molecular formula is C19H16FN3O3. The zero-order valence-corrected chi connectivity index (χ0v) is 13.9. The van der Waals surface area contributed by atoms with Crippen LogP contribution >= 0.6 is 0 Å². The first kappa shape index (κ1) is 16.1. The number of carbonyl (C=O) groups is 2. The van der Waals surface area contributed by atoms with Crippen molar-refractivity contribution in [2.24, 2.45) is 0 Å². The molecule has 7 heteroatoms. The van der Waals surface area contributed by atoms with E-state index in [0.717, 1.165) is 0 Å². The summed E-state index contributed by atoms with van der Waals surface area (Å²) >= 11 is 0. The number of hydrogen-bond acceptors (Lipinski definition) is 3. The van der Waals surface area contributed by atoms with E-state index in [2.05, 4.69) is 5.32 Å². The van der Waals surface area contributed by atoms with Gasteiger partial charge in [0.15, 0.2) is 0 Å². The van der Waals surface area contributed by atoms with Gasteiger partial charge in [0.1, 0.15) is 11.6 Å². The van der Waals surface area contributed by atoms with Gasteiger partial charge in [0.2, 0.25) is 0 Å². The Bertz CT molecular complexity index is 922. The fourth-order valence-electron chi connectivity index (χ4n) is 3.31. The second-order valence-corrected chi connectivity index (χ2v) is 6.26. The highest BCUT2D eigenvalue weighted by Gasteiger charge is 2.43. The molecule has 0 bridgehead atoms. The maximum absolute atomic E-state index is 13.2. The van der Waals surface area contributed by atoms with Crippen LogP contribution in [0.4, 0.5) is 14.9 Å². The van der Waals surface area contributed by atoms with E-state index in [-0.39, 0.29) is 30.0 Å². The number of nitrogens with zero attached hydrogens (tertiary/aromatic N) is 2. The monoisotopic (exact) mass is 353 g/mol. The molecule has 1 unspecified atom stereocenters. The summed E-state index contributed by atoms with van der Waals surface area (Å²) < 4.78 is 13.2. The zero-order chi connectivity index (χ0) is 18.4. The van der Waals surface area contributed by atoms with Crippen LogP contribution in [-0.4, -0.2) is 35.5 Å². The molecule has 0 radical (unpaired) electrons. The van der Waals surface area contributed by atoms with Crippen molar-refractivity contribution in [1.82, 2.24) is 10.2 Å². The van der Waals surface area contributed by atoms with Crippen LogP contribution in [0.15, 0.2) is 59.8 Å². The summed E-state index contributed by atoms with van der Waals surface area (Å²) in [5, 5.41) is 12.3. The Kier molecular flexibility index (Phi) is 3.64. The summed E-state index contributed by atoms with van der Waals surface area (Å²) in [6.07, 6.45) is 0. The van der Waals surface area contributed by atoms with Gasteiger partial charge in [-0.05, 0) is 42.0 Å². The topological polar surface area (TPSA) is 72.9 Å². The van der Waals surface area contributed by atoms with E-state index in [4.69, 9.17) is 0 Å². The summed E-state index contributed by atoms with van der Waals surface area (Å²) in [4.78, 5) is 28.4. The Morgan fingerprint density at radius 1 is 1.08 bits per heavy atom. The number of likely N-dealkylation sites (N-methyl/N-ethyl adjacent to an activating group) is 1. The standard InChI is InChI=1S/C19H16FN3O3/c1-22-15-10-23(13-6-4-12(20)5-7-13)18(25)16(15)17(21-19(22)26)11-2-8-14(24)9-3-11/h2-9,17,24H,10H2,1H3,(H,21,26). The highest BCUT2D eigenvalue weighted by molar-refractivity contribution is 6.11. The van der Waals surface area contributed by atoms with Gasteiger partial charge in [-0.25, -0.2) is 9.18 Å². The number of amides is 3. The highest BCUT2D eigenvalue weighted by Crippen LogP contribution is 2.37. The van der Waals surface area contributed by atoms with Crippen LogP contribution in [0.25, 0.3) is 0 Å². The van der Waals surface area contributed by atoms with E-state index in [1.807, 2.05) is 0 Å². The summed E-state index contributed by atoms with van der Waals surface area (Å²) in [6, 6.07) is 11.1. The summed E-state index contributed by atoms with van der Waals surface area (Å²) in [7, 11) is 1.61. The predicted octanol–water partition coefficient (Wildman–Crippen LogP) is 2.53. The van der Waals surface area contributed by atoms with Crippen molar-refractivity contribution in [3.05, 3.63) is 71.2 Å². The summed E-state index contributed by atoms with van der Waals surface area (Å²) in [5.74, 6) is -0.515. The third-order valence-corrected chi connectivity index (χ3v) is 4.73. The third-order valence-electron chi connectivity index (χ3n) is 4.73. The number of aromatic hydroxyl groups is 1. The average Bonchev–Trinajstić information content (AvgIpc) is 2.97. The number of halogens is 1. The minimum absolute atomic E-state index is 0.105. The van der Waals surface area contributed by atoms with Gasteiger partial charge < -0.3 is 15.3 Å². The van der Waals surface area contributed by atoms with E-state index in [1.54, 1.807) is 19.2 Å². The molecule has 0 spiro atoms. The van der Waals surface area contributed by atoms with Crippen molar-refractivity contribution in [2.75, 3.05) is 18.5 Å². The first-order chi connectivity index (χ1) is 12.5. The molecule has 2 heterocycles. The molecule has 0 aromatic heterocycles. The highest BCUT2D eigenvalue weighted by atomic mass is 19.1. The van der Waals surface area contributed by atoms with Gasteiger partial charge in [-0.2, -0.15) is 0 Å². The van der Waals surface area contributed by atoms with Crippen LogP contribution in [0, 0.1) is 5.82 Å². The summed E-state index contributed by atoms with van der Waals surface area (Å²) in [5.41, 5.74) is 2.35. The van der Waals surface area contributed by atoms with Gasteiger partial charge in [0.05, 0.1) is 23.9 Å². The minimum atomic E-state index is -0.604. The van der Waals surface area contributed by atoms with E-state index in [9.17, 15) is 19.1 Å². The Morgan fingerprint density at radius 3 is 2.38 bits per heavy atom. The lowest BCUT2D eigenvalue weighted by Gasteiger charge is -2.31. The molecule has 0 saturated heterocycles. The van der Waals surface area contributed by atoms with Crippen molar-refractivity contribution in [1.29, 1.82) is 0 Å². The van der Waals surface area contributed by atoms with Crippen molar-refractivity contribution in [3.63, 3.8) is 0 Å². The molecule has 2 aromatic rings. The number of urea groups is 1. The smallest absolute Gasteiger partial charge is 0.322 e. The molecule has 2 aromatic carbocycles. The normalized spacial score (nSPS) is 19.7. The van der Waals surface area contributed by atoms with Gasteiger partial charge in [-0.1, -0.05) is 12.1 Å². The Balaban J connectivity index is 1.75. The molecule has 2 aliphatic rings. The number of benzene rings is 2. The van der Waals surface area contributed by atoms with Crippen molar-refractivity contribution >= 4 is 17.6 Å². The molecule has 2 aliphatic heterocycles. The Hall–Kier alpha value is -3.35. The fourth-order valence-corrected chi connectivity index (χ4v) is 3.31. The van der Waals surface area contributed by atoms with Crippen LogP contribution in [0.1, 0.15) is 11.6 Å². The average molecular weight is 353 g/mol. The van der Waals surface area contributed by atoms with Gasteiger partial charge in [0.25, 0.3) is 5.91 Å². The van der Waals surface area contributed by atoms with Crippen LogP contribution in [-0.2, 0) is 4.79 Å². The number of phenolic OH excluding ortho intramolecular Hbond substituents is 1. The number of hydrogen-bond donors (Lipinski definition) is 2. The van der Waals surface area contributed by atoms with Crippen LogP contribution in [0.5, 0.6) is 5.75 Å². The lowest BCUT2D eigenvalue weighted by Crippen LogP contribution is -2.45. The molecule has 3 amide bonds. The third kappa shape index (κ3) is 2.48. The number of carbonyl (C=O) groups excluding carboxylic acids is 2. The maximum atomic E-state index is 13.2. The molecule has 132 valence electrons. The fraction of sp³-hybridized carbons (Fsp3) is 0.158. The van der Waals surface area contributed by atoms with E-state index in [0.29, 0.717) is 22.5 Å². The van der Waals surface area contributed by atoms with Gasteiger partial charge >= 0.3 is 6.03 Å². The summed E-state index contributed by atoms with van der Waals surface area (Å²) in [6.45, 7) is 0.234. The molecule has 1 atom stereocenters. The lowest BCUT2D eigenvalue weighted by molar-refractivity contribution is -0.114. The molecule has 6 nitrogen and oxygen atoms in total. The van der Waals surface area contributed by atoms with E-state index in [1.165, 1.54) is 46.2 Å². The van der Waals surface area contributed by atoms with Crippen molar-refractivity contribution in [3.8, 4) is 5.75 Å². The van der Waals surface area contributed by atoms with Crippen LogP contribution < -0.4 is 10.2 Å². The Labute approximate surface area is 149 Å². The predicted molar refractivity (Wildman–Crippen MR) is 92.9 cm³/mol. The first-order valence-corrected chi connectivity index (χ1v) is 8.09. The lowest BCUT2D eigenvalue weighted by atomic mass is 9.95. The zero-order valence-electron chi connectivity index (χ0n) is 13.9. The van der Waals surface area contributed by atoms with E-state index >= 15 is 0 Å². The molecule has 0 fully saturated rings. The van der Waals surface area contributed by atoms with Gasteiger partial charge in [0, 0.05) is 12.7 Å². The number of nitrogens with one attached hydrogen (secondary N) is 1. The van der Waals surface area contributed by atoms with Gasteiger partial charge in [-0.3, -0.25) is 9.69 Å². The van der Waals surface area contributed by atoms with Crippen LogP contribution in [0.3, 0.4) is 0 Å². The number of rotatable bonds is 2. The maximum Gasteiger partial charge on any atom is 0.322 e. The second-order valence-electron chi connectivity index (χ2n) is 6.26. The second kappa shape index (κ2) is 5.87. The van der Waals surface area contributed by atoms with Gasteiger partial charge in [-0.15, -0.1) is 0 Å². The molecule has 26 heavy (non-hydrogen) atoms. The number of phenols is 1.